The van der Waals surface area contributed by atoms with E-state index >= 15 is 0 Å². The molecule has 1 atom stereocenters. The highest BCUT2D eigenvalue weighted by Gasteiger charge is 2.45. The van der Waals surface area contributed by atoms with Crippen LogP contribution in [0, 0.1) is 0 Å². The van der Waals surface area contributed by atoms with Crippen molar-refractivity contribution < 1.29 is 27.5 Å². The van der Waals surface area contributed by atoms with Crippen LogP contribution in [0.1, 0.15) is 18.4 Å². The molecular weight excluding hydrogens is 480 g/mol. The highest BCUT2D eigenvalue weighted by atomic mass is 32.2. The topological polar surface area (TPSA) is 119 Å². The van der Waals surface area contributed by atoms with Crippen molar-refractivity contribution in [2.75, 3.05) is 19.7 Å². The highest BCUT2D eigenvalue weighted by Crippen LogP contribution is 2.30. The molecule has 0 unspecified atom stereocenters. The lowest BCUT2D eigenvalue weighted by atomic mass is 10.0. The van der Waals surface area contributed by atoms with Gasteiger partial charge in [-0.1, -0.05) is 36.4 Å². The standard InChI is InChI=1S/C22H22N4O6S2/c27-21(31-13-15-5-2-1-3-6-15)18-14-32-22(28)26(18)16-9-11-25(12-10-16)34(29,30)19-8-4-7-17-20(19)24-33-23-17/h1-8,16,18H,9-14H2/t18-/m0/s1. The molecule has 3 heterocycles. The molecule has 0 bridgehead atoms. The quantitative estimate of drug-likeness (QED) is 0.472. The molecule has 0 N–H and O–H groups in total. The number of sulfonamides is 1. The first-order valence-corrected chi connectivity index (χ1v) is 13.0. The van der Waals surface area contributed by atoms with Crippen molar-refractivity contribution in [1.29, 1.82) is 0 Å². The van der Waals surface area contributed by atoms with Crippen LogP contribution in [0.25, 0.3) is 11.0 Å². The fraction of sp³-hybridized carbons (Fsp3) is 0.364. The van der Waals surface area contributed by atoms with Gasteiger partial charge in [0, 0.05) is 19.1 Å². The second-order valence-electron chi connectivity index (χ2n) is 8.12. The third-order valence-electron chi connectivity index (χ3n) is 6.09. The van der Waals surface area contributed by atoms with Crippen LogP contribution in [-0.2, 0) is 30.9 Å². The van der Waals surface area contributed by atoms with Crippen LogP contribution in [-0.4, -0.2) is 70.2 Å². The lowest BCUT2D eigenvalue weighted by Gasteiger charge is -2.36. The molecule has 5 rings (SSSR count). The van der Waals surface area contributed by atoms with E-state index in [9.17, 15) is 18.0 Å². The Morgan fingerprint density at radius 2 is 1.85 bits per heavy atom. The van der Waals surface area contributed by atoms with Crippen LogP contribution in [0.2, 0.25) is 0 Å². The Balaban J connectivity index is 1.25. The number of esters is 1. The SMILES string of the molecule is O=C(OCc1ccccc1)[C@@H]1COC(=O)N1C1CCN(S(=O)(=O)c2cccc3nsnc23)CC1. The van der Waals surface area contributed by atoms with E-state index in [1.165, 1.54) is 15.3 Å². The molecule has 1 aromatic heterocycles. The van der Waals surface area contributed by atoms with Crippen molar-refractivity contribution in [2.45, 2.75) is 36.4 Å². The predicted molar refractivity (Wildman–Crippen MR) is 122 cm³/mol. The zero-order valence-electron chi connectivity index (χ0n) is 18.1. The number of amides is 1. The molecule has 0 spiro atoms. The molecule has 2 aromatic carbocycles. The largest absolute Gasteiger partial charge is 0.459 e. The third kappa shape index (κ3) is 4.24. The Morgan fingerprint density at radius 1 is 1.09 bits per heavy atom. The van der Waals surface area contributed by atoms with Gasteiger partial charge in [0.05, 0.1) is 11.7 Å². The number of nitrogens with zero attached hydrogens (tertiary/aromatic N) is 4. The second kappa shape index (κ2) is 9.28. The number of carbonyl (C=O) groups excluding carboxylic acids is 2. The minimum atomic E-state index is -3.78. The molecule has 12 heteroatoms. The summed E-state index contributed by atoms with van der Waals surface area (Å²) in [5, 5.41) is 0. The van der Waals surface area contributed by atoms with Crippen molar-refractivity contribution >= 4 is 44.8 Å². The predicted octanol–water partition coefficient (Wildman–Crippen LogP) is 2.41. The number of cyclic esters (lactones) is 1. The Bertz CT molecular complexity index is 1310. The molecule has 178 valence electrons. The van der Waals surface area contributed by atoms with Gasteiger partial charge in [0.15, 0.2) is 6.04 Å². The molecule has 2 aliphatic heterocycles. The molecule has 0 radical (unpaired) electrons. The summed E-state index contributed by atoms with van der Waals surface area (Å²) in [6.07, 6.45) is 0.172. The minimum absolute atomic E-state index is 0.0796. The molecule has 34 heavy (non-hydrogen) atoms. The van der Waals surface area contributed by atoms with Gasteiger partial charge in [-0.05, 0) is 30.5 Å². The minimum Gasteiger partial charge on any atom is -0.459 e. The van der Waals surface area contributed by atoms with Crippen LogP contribution in [0.4, 0.5) is 4.79 Å². The van der Waals surface area contributed by atoms with Crippen LogP contribution < -0.4 is 0 Å². The number of fused-ring (bicyclic) bond motifs is 1. The van der Waals surface area contributed by atoms with E-state index in [1.807, 2.05) is 30.3 Å². The number of aromatic nitrogens is 2. The van der Waals surface area contributed by atoms with Crippen molar-refractivity contribution in [3.63, 3.8) is 0 Å². The highest BCUT2D eigenvalue weighted by molar-refractivity contribution is 7.89. The number of rotatable bonds is 6. The Hall–Kier alpha value is -3.09. The van der Waals surface area contributed by atoms with Gasteiger partial charge in [-0.15, -0.1) is 0 Å². The summed E-state index contributed by atoms with van der Waals surface area (Å²) in [5.74, 6) is -0.535. The average molecular weight is 503 g/mol. The summed E-state index contributed by atoms with van der Waals surface area (Å²) >= 11 is 0.968. The van der Waals surface area contributed by atoms with E-state index in [0.29, 0.717) is 23.9 Å². The van der Waals surface area contributed by atoms with Gasteiger partial charge in [-0.2, -0.15) is 13.1 Å². The van der Waals surface area contributed by atoms with Crippen LogP contribution in [0.3, 0.4) is 0 Å². The lowest BCUT2D eigenvalue weighted by molar-refractivity contribution is -0.150. The summed E-state index contributed by atoms with van der Waals surface area (Å²) in [6.45, 7) is 0.433. The maximum atomic E-state index is 13.3. The first-order valence-electron chi connectivity index (χ1n) is 10.8. The molecule has 2 aliphatic rings. The van der Waals surface area contributed by atoms with Gasteiger partial charge in [0.1, 0.15) is 29.1 Å². The first kappa shape index (κ1) is 22.7. The summed E-state index contributed by atoms with van der Waals surface area (Å²) < 4.78 is 46.7. The molecule has 0 saturated carbocycles. The van der Waals surface area contributed by atoms with Crippen LogP contribution in [0.5, 0.6) is 0 Å². The maximum Gasteiger partial charge on any atom is 0.410 e. The van der Waals surface area contributed by atoms with E-state index in [1.54, 1.807) is 12.1 Å². The molecule has 2 saturated heterocycles. The molecule has 0 aliphatic carbocycles. The molecule has 10 nitrogen and oxygen atoms in total. The van der Waals surface area contributed by atoms with Gasteiger partial charge >= 0.3 is 12.1 Å². The average Bonchev–Trinajstić information content (AvgIpc) is 3.49. The summed E-state index contributed by atoms with van der Waals surface area (Å²) in [6, 6.07) is 13.0. The van der Waals surface area contributed by atoms with Gasteiger partial charge in [-0.3, -0.25) is 4.90 Å². The maximum absolute atomic E-state index is 13.3. The number of ether oxygens (including phenoxy) is 2. The molecule has 3 aromatic rings. The Morgan fingerprint density at radius 3 is 2.62 bits per heavy atom. The van der Waals surface area contributed by atoms with E-state index < -0.39 is 28.1 Å². The smallest absolute Gasteiger partial charge is 0.410 e. The molecular formula is C22H22N4O6S2. The normalized spacial score (nSPS) is 19.9. The number of benzene rings is 2. The zero-order chi connectivity index (χ0) is 23.7. The number of hydrogen-bond acceptors (Lipinski definition) is 9. The zero-order valence-corrected chi connectivity index (χ0v) is 19.7. The monoisotopic (exact) mass is 502 g/mol. The van der Waals surface area contributed by atoms with E-state index in [2.05, 4.69) is 8.75 Å². The van der Waals surface area contributed by atoms with E-state index in [0.717, 1.165) is 17.3 Å². The van der Waals surface area contributed by atoms with E-state index in [4.69, 9.17) is 9.47 Å². The lowest BCUT2D eigenvalue weighted by Crippen LogP contribution is -2.52. The van der Waals surface area contributed by atoms with Crippen LogP contribution >= 0.6 is 11.7 Å². The van der Waals surface area contributed by atoms with Crippen molar-refractivity contribution in [3.8, 4) is 0 Å². The Kier molecular flexibility index (Phi) is 6.19. The number of hydrogen-bond donors (Lipinski definition) is 0. The second-order valence-corrected chi connectivity index (χ2v) is 10.6. The van der Waals surface area contributed by atoms with Gasteiger partial charge < -0.3 is 9.47 Å². The van der Waals surface area contributed by atoms with Crippen LogP contribution in [0.15, 0.2) is 53.4 Å². The van der Waals surface area contributed by atoms with Gasteiger partial charge in [0.25, 0.3) is 0 Å². The summed E-state index contributed by atoms with van der Waals surface area (Å²) in [4.78, 5) is 26.7. The van der Waals surface area contributed by atoms with E-state index in [-0.39, 0.29) is 37.2 Å². The van der Waals surface area contributed by atoms with Gasteiger partial charge in [0.2, 0.25) is 10.0 Å². The van der Waals surface area contributed by atoms with Crippen molar-refractivity contribution in [1.82, 2.24) is 18.0 Å². The number of carbonyl (C=O) groups is 2. The third-order valence-corrected chi connectivity index (χ3v) is 8.56. The van der Waals surface area contributed by atoms with Crippen molar-refractivity contribution in [2.24, 2.45) is 0 Å². The van der Waals surface area contributed by atoms with Gasteiger partial charge in [-0.25, -0.2) is 18.0 Å². The molecule has 1 amide bonds. The van der Waals surface area contributed by atoms with Crippen molar-refractivity contribution in [3.05, 3.63) is 54.1 Å². The summed E-state index contributed by atoms with van der Waals surface area (Å²) in [7, 11) is -3.78. The Labute approximate surface area is 200 Å². The molecule has 2 fully saturated rings. The first-order chi connectivity index (χ1) is 16.4. The fourth-order valence-electron chi connectivity index (χ4n) is 4.33. The summed E-state index contributed by atoms with van der Waals surface area (Å²) in [5.41, 5.74) is 1.74. The fourth-order valence-corrected chi connectivity index (χ4v) is 6.55. The number of piperidine rings is 1.